The van der Waals surface area contributed by atoms with E-state index in [9.17, 15) is 9.79 Å². The number of hydrogen-bond donors (Lipinski definition) is 2. The van der Waals surface area contributed by atoms with E-state index in [-0.39, 0.29) is 0 Å². The molecule has 18 heavy (non-hydrogen) atoms. The zero-order valence-corrected chi connectivity index (χ0v) is 12.0. The summed E-state index contributed by atoms with van der Waals surface area (Å²) in [5.74, 6) is 0. The second-order valence-corrected chi connectivity index (χ2v) is 9.39. The van der Waals surface area contributed by atoms with E-state index in [4.69, 9.17) is 11.2 Å². The molecule has 2 aromatic carbocycles. The Balaban J connectivity index is 2.56. The summed E-state index contributed by atoms with van der Waals surface area (Å²) in [4.78, 5) is 21.1. The van der Waals surface area contributed by atoms with Crippen LogP contribution in [0.3, 0.4) is 0 Å². The van der Waals surface area contributed by atoms with E-state index in [0.717, 1.165) is 11.1 Å². The minimum absolute atomic E-state index is 0.358. The molecule has 0 spiro atoms. The fourth-order valence-corrected chi connectivity index (χ4v) is 4.10. The predicted molar refractivity (Wildman–Crippen MR) is 78.8 cm³/mol. The minimum atomic E-state index is -4.51. The van der Waals surface area contributed by atoms with Gasteiger partial charge in [0.25, 0.3) is 0 Å². The summed E-state index contributed by atoms with van der Waals surface area (Å²) < 4.78 is 0. The van der Waals surface area contributed by atoms with Gasteiger partial charge in [0.15, 0.2) is 0 Å². The van der Waals surface area contributed by atoms with Crippen molar-refractivity contribution < 1.29 is 9.79 Å². The van der Waals surface area contributed by atoms with Crippen LogP contribution in [0.5, 0.6) is 0 Å². The molecule has 2 nitrogen and oxygen atoms in total. The molecule has 0 fully saturated rings. The Morgan fingerprint density at radius 3 is 1.28 bits per heavy atom. The van der Waals surface area contributed by atoms with Gasteiger partial charge in [-0.15, -0.1) is 0 Å². The van der Waals surface area contributed by atoms with Crippen molar-refractivity contribution in [3.63, 3.8) is 0 Å². The predicted octanol–water partition coefficient (Wildman–Crippen LogP) is 2.78. The van der Waals surface area contributed by atoms with Crippen molar-refractivity contribution in [1.82, 2.24) is 0 Å². The Labute approximate surface area is 112 Å². The van der Waals surface area contributed by atoms with E-state index < -0.39 is 6.41 Å². The van der Waals surface area contributed by atoms with Crippen molar-refractivity contribution in [2.45, 2.75) is 13.8 Å². The summed E-state index contributed by atoms with van der Waals surface area (Å²) in [6, 6.07) is 13.9. The number of rotatable bonds is 2. The Bertz CT molecular complexity index is 504. The zero-order chi connectivity index (χ0) is 13.4. The van der Waals surface area contributed by atoms with Crippen LogP contribution in [-0.4, -0.2) is 9.79 Å². The summed E-state index contributed by atoms with van der Waals surface area (Å²) in [6.45, 7) is 3.88. The van der Waals surface area contributed by atoms with Gasteiger partial charge in [0.05, 0.1) is 0 Å². The number of benzene rings is 2. The van der Waals surface area contributed by atoms with Gasteiger partial charge >= 0.3 is 112 Å². The van der Waals surface area contributed by atoms with Crippen molar-refractivity contribution in [2.24, 2.45) is 0 Å². The van der Waals surface area contributed by atoms with Crippen LogP contribution in [0.15, 0.2) is 48.5 Å². The Hall–Kier alpha value is -0.920. The summed E-state index contributed by atoms with van der Waals surface area (Å²) in [6.07, 6.45) is -4.51. The van der Waals surface area contributed by atoms with Crippen molar-refractivity contribution >= 4 is 28.3 Å². The average molecular weight is 283 g/mol. The molecule has 4 heteroatoms. The second kappa shape index (κ2) is 4.32. The molecule has 96 valence electrons. The molecule has 0 saturated carbocycles. The molecule has 2 rings (SSSR count). The normalized spacial score (nSPS) is 13.9. The van der Waals surface area contributed by atoms with Crippen molar-refractivity contribution in [3.8, 4) is 0 Å². The standard InChI is InChI=1S/C14H16ClO2P/c1-11-3-7-13(8-4-11)18(15,16,17)14-9-5-12(2)6-10-14/h3-10,16-17H,1-2H3. The van der Waals surface area contributed by atoms with Crippen LogP contribution in [0.2, 0.25) is 0 Å². The van der Waals surface area contributed by atoms with E-state index in [2.05, 4.69) is 0 Å². The van der Waals surface area contributed by atoms with Crippen molar-refractivity contribution in [3.05, 3.63) is 59.7 Å². The Morgan fingerprint density at radius 1 is 0.722 bits per heavy atom. The second-order valence-electron chi connectivity index (χ2n) is 4.59. The van der Waals surface area contributed by atoms with E-state index in [1.807, 2.05) is 38.1 Å². The monoisotopic (exact) mass is 282 g/mol. The van der Waals surface area contributed by atoms with Gasteiger partial charge in [-0.1, -0.05) is 0 Å². The van der Waals surface area contributed by atoms with E-state index in [0.29, 0.717) is 10.6 Å². The van der Waals surface area contributed by atoms with Crippen LogP contribution in [0, 0.1) is 13.8 Å². The molecule has 0 aliphatic carbocycles. The molecule has 0 aliphatic heterocycles. The van der Waals surface area contributed by atoms with Crippen molar-refractivity contribution in [2.75, 3.05) is 0 Å². The molecule has 0 amide bonds. The first kappa shape index (κ1) is 13.5. The third-order valence-electron chi connectivity index (χ3n) is 2.98. The molecular formula is C14H16ClO2P. The molecular weight excluding hydrogens is 267 g/mol. The molecule has 2 aromatic rings. The molecule has 0 aliphatic rings. The van der Waals surface area contributed by atoms with Crippen molar-refractivity contribution in [1.29, 1.82) is 0 Å². The van der Waals surface area contributed by atoms with Gasteiger partial charge in [-0.3, -0.25) is 0 Å². The summed E-state index contributed by atoms with van der Waals surface area (Å²) in [5.41, 5.74) is 2.09. The molecule has 0 saturated heterocycles. The van der Waals surface area contributed by atoms with Gasteiger partial charge in [-0.2, -0.15) is 0 Å². The molecule has 0 heterocycles. The van der Waals surface area contributed by atoms with Gasteiger partial charge in [-0.25, -0.2) is 0 Å². The van der Waals surface area contributed by atoms with Gasteiger partial charge in [0.1, 0.15) is 0 Å². The number of halogens is 1. The zero-order valence-electron chi connectivity index (χ0n) is 10.3. The van der Waals surface area contributed by atoms with Crippen LogP contribution in [0.25, 0.3) is 0 Å². The third-order valence-corrected chi connectivity index (χ3v) is 6.58. The molecule has 0 radical (unpaired) electrons. The quantitative estimate of drug-likeness (QED) is 0.832. The van der Waals surface area contributed by atoms with Crippen LogP contribution in [0.4, 0.5) is 0 Å². The fraction of sp³-hybridized carbons (Fsp3) is 0.143. The first-order chi connectivity index (χ1) is 8.28. The fourth-order valence-electron chi connectivity index (χ4n) is 1.77. The topological polar surface area (TPSA) is 40.5 Å². The average Bonchev–Trinajstić information content (AvgIpc) is 2.29. The van der Waals surface area contributed by atoms with E-state index in [1.54, 1.807) is 24.3 Å². The maximum atomic E-state index is 10.6. The maximum absolute atomic E-state index is 10.6. The summed E-state index contributed by atoms with van der Waals surface area (Å²) >= 11 is 6.19. The van der Waals surface area contributed by atoms with Crippen LogP contribution >= 0.6 is 17.7 Å². The van der Waals surface area contributed by atoms with Crippen LogP contribution in [0.1, 0.15) is 11.1 Å². The first-order valence-corrected chi connectivity index (χ1v) is 8.71. The van der Waals surface area contributed by atoms with E-state index in [1.165, 1.54) is 0 Å². The summed E-state index contributed by atoms with van der Waals surface area (Å²) in [5, 5.41) is 0.717. The molecule has 2 N–H and O–H groups in total. The van der Waals surface area contributed by atoms with Crippen LogP contribution < -0.4 is 10.6 Å². The molecule has 0 atom stereocenters. The number of hydrogen-bond acceptors (Lipinski definition) is 2. The summed E-state index contributed by atoms with van der Waals surface area (Å²) in [7, 11) is 0. The molecule has 0 aromatic heterocycles. The Kier molecular flexibility index (Phi) is 3.25. The Morgan fingerprint density at radius 2 is 1.00 bits per heavy atom. The molecule has 0 unspecified atom stereocenters. The van der Waals surface area contributed by atoms with Gasteiger partial charge < -0.3 is 0 Å². The van der Waals surface area contributed by atoms with Gasteiger partial charge in [0.2, 0.25) is 0 Å². The van der Waals surface area contributed by atoms with Crippen LogP contribution in [-0.2, 0) is 0 Å². The SMILES string of the molecule is Cc1ccc(P(O)(O)(Cl)c2ccc(C)cc2)cc1. The third kappa shape index (κ3) is 2.43. The van der Waals surface area contributed by atoms with Gasteiger partial charge in [0, 0.05) is 0 Å². The van der Waals surface area contributed by atoms with E-state index >= 15 is 0 Å². The molecule has 0 bridgehead atoms. The number of aryl methyl sites for hydroxylation is 2. The van der Waals surface area contributed by atoms with Gasteiger partial charge in [-0.05, 0) is 0 Å². The first-order valence-electron chi connectivity index (χ1n) is 5.66.